The second-order valence-electron chi connectivity index (χ2n) is 6.92. The number of hydrogen-bond acceptors (Lipinski definition) is 5. The Hall–Kier alpha value is -2.73. The Balaban J connectivity index is 1.72. The van der Waals surface area contributed by atoms with Crippen LogP contribution < -0.4 is 10.1 Å². The van der Waals surface area contributed by atoms with Crippen LogP contribution in [0.2, 0.25) is 0 Å². The number of hydrogen-bond donors (Lipinski definition) is 1. The van der Waals surface area contributed by atoms with E-state index in [9.17, 15) is 4.79 Å². The molecule has 3 aromatic rings. The van der Waals surface area contributed by atoms with Crippen molar-refractivity contribution in [1.82, 2.24) is 10.2 Å². The summed E-state index contributed by atoms with van der Waals surface area (Å²) in [6.07, 6.45) is 0. The Morgan fingerprint density at radius 3 is 2.23 bits per heavy atom. The van der Waals surface area contributed by atoms with E-state index in [-0.39, 0.29) is 11.3 Å². The van der Waals surface area contributed by atoms with E-state index in [0.717, 1.165) is 10.6 Å². The molecule has 0 fully saturated rings. The first-order valence-electron chi connectivity index (χ1n) is 8.26. The predicted molar refractivity (Wildman–Crippen MR) is 105 cm³/mol. The maximum atomic E-state index is 12.3. The smallest absolute Gasteiger partial charge is 0.257 e. The topological polar surface area (TPSA) is 64.1 Å². The summed E-state index contributed by atoms with van der Waals surface area (Å²) >= 11 is 1.35. The highest BCUT2D eigenvalue weighted by molar-refractivity contribution is 7.18. The molecular weight excluding hydrogens is 346 g/mol. The number of amides is 1. The van der Waals surface area contributed by atoms with Gasteiger partial charge in [-0.25, -0.2) is 0 Å². The minimum atomic E-state index is -0.224. The molecule has 1 aromatic heterocycles. The first kappa shape index (κ1) is 18.1. The lowest BCUT2D eigenvalue weighted by Crippen LogP contribution is -2.11. The summed E-state index contributed by atoms with van der Waals surface area (Å²) in [4.78, 5) is 12.3. The van der Waals surface area contributed by atoms with Crippen molar-refractivity contribution in [3.05, 3.63) is 59.7 Å². The van der Waals surface area contributed by atoms with E-state index in [1.165, 1.54) is 16.9 Å². The third-order valence-corrected chi connectivity index (χ3v) is 4.88. The maximum absolute atomic E-state index is 12.3. The van der Waals surface area contributed by atoms with Crippen molar-refractivity contribution in [3.63, 3.8) is 0 Å². The summed E-state index contributed by atoms with van der Waals surface area (Å²) in [5.41, 5.74) is 2.90. The van der Waals surface area contributed by atoms with Crippen molar-refractivity contribution in [2.24, 2.45) is 0 Å². The molecule has 5 nitrogen and oxygen atoms in total. The Labute approximate surface area is 157 Å². The van der Waals surface area contributed by atoms with Gasteiger partial charge in [-0.1, -0.05) is 56.4 Å². The molecule has 6 heteroatoms. The van der Waals surface area contributed by atoms with Gasteiger partial charge >= 0.3 is 0 Å². The highest BCUT2D eigenvalue weighted by Crippen LogP contribution is 2.29. The van der Waals surface area contributed by atoms with Crippen LogP contribution >= 0.6 is 11.3 Å². The van der Waals surface area contributed by atoms with Crippen LogP contribution in [0.3, 0.4) is 0 Å². The molecule has 0 bridgehead atoms. The Morgan fingerprint density at radius 1 is 1.00 bits per heavy atom. The zero-order valence-corrected chi connectivity index (χ0v) is 16.1. The number of carbonyl (C=O) groups is 1. The standard InChI is InChI=1S/C20H21N3O2S/c1-20(2,3)15-9-5-14(6-10-15)18-22-23-19(26-18)21-17(24)13-7-11-16(25-4)12-8-13/h5-12H,1-4H3,(H,21,23,24). The predicted octanol–water partition coefficient (Wildman–Crippen LogP) is 4.76. The third-order valence-electron chi connectivity index (χ3n) is 4.00. The monoisotopic (exact) mass is 367 g/mol. The van der Waals surface area contributed by atoms with Crippen LogP contribution in [0.1, 0.15) is 36.7 Å². The molecule has 1 amide bonds. The number of nitrogens with one attached hydrogen (secondary N) is 1. The van der Waals surface area contributed by atoms with E-state index in [0.29, 0.717) is 16.4 Å². The fourth-order valence-corrected chi connectivity index (χ4v) is 3.16. The van der Waals surface area contributed by atoms with E-state index in [2.05, 4.69) is 48.4 Å². The van der Waals surface area contributed by atoms with Crippen LogP contribution in [-0.2, 0) is 5.41 Å². The van der Waals surface area contributed by atoms with Gasteiger partial charge in [-0.3, -0.25) is 10.1 Å². The molecule has 0 saturated heterocycles. The molecule has 3 rings (SSSR count). The Morgan fingerprint density at radius 2 is 1.65 bits per heavy atom. The molecule has 26 heavy (non-hydrogen) atoms. The van der Waals surface area contributed by atoms with Crippen molar-refractivity contribution in [3.8, 4) is 16.3 Å². The fourth-order valence-electron chi connectivity index (χ4n) is 2.41. The summed E-state index contributed by atoms with van der Waals surface area (Å²) in [6, 6.07) is 15.2. The fraction of sp³-hybridized carbons (Fsp3) is 0.250. The van der Waals surface area contributed by atoms with Gasteiger partial charge < -0.3 is 4.74 Å². The molecule has 1 N–H and O–H groups in total. The van der Waals surface area contributed by atoms with Gasteiger partial charge in [0, 0.05) is 11.1 Å². The van der Waals surface area contributed by atoms with Gasteiger partial charge in [0.25, 0.3) is 5.91 Å². The normalized spacial score (nSPS) is 11.2. The number of carbonyl (C=O) groups excluding carboxylic acids is 1. The number of aromatic nitrogens is 2. The molecular formula is C20H21N3O2S. The molecule has 0 aliphatic rings. The zero-order valence-electron chi connectivity index (χ0n) is 15.2. The quantitative estimate of drug-likeness (QED) is 0.722. The summed E-state index contributed by atoms with van der Waals surface area (Å²) < 4.78 is 5.10. The summed E-state index contributed by atoms with van der Waals surface area (Å²) in [7, 11) is 1.59. The minimum Gasteiger partial charge on any atom is -0.497 e. The lowest BCUT2D eigenvalue weighted by atomic mass is 9.87. The summed E-state index contributed by atoms with van der Waals surface area (Å²) in [5, 5.41) is 12.3. The van der Waals surface area contributed by atoms with Gasteiger partial charge in [0.15, 0.2) is 0 Å². The first-order chi connectivity index (χ1) is 12.4. The van der Waals surface area contributed by atoms with Gasteiger partial charge in [0.1, 0.15) is 10.8 Å². The van der Waals surface area contributed by atoms with Gasteiger partial charge in [-0.15, -0.1) is 10.2 Å². The molecule has 134 valence electrons. The minimum absolute atomic E-state index is 0.108. The van der Waals surface area contributed by atoms with Crippen molar-refractivity contribution >= 4 is 22.4 Å². The second kappa shape index (κ2) is 7.25. The van der Waals surface area contributed by atoms with Crippen molar-refractivity contribution in [2.75, 3.05) is 12.4 Å². The van der Waals surface area contributed by atoms with Crippen LogP contribution in [0.5, 0.6) is 5.75 Å². The Kier molecular flexibility index (Phi) is 5.04. The first-order valence-corrected chi connectivity index (χ1v) is 9.08. The van der Waals surface area contributed by atoms with Gasteiger partial charge in [-0.2, -0.15) is 0 Å². The molecule has 0 atom stereocenters. The van der Waals surface area contributed by atoms with E-state index in [1.807, 2.05) is 12.1 Å². The summed E-state index contributed by atoms with van der Waals surface area (Å²) in [5.74, 6) is 0.483. The number of methoxy groups -OCH3 is 1. The molecule has 2 aromatic carbocycles. The number of benzene rings is 2. The van der Waals surface area contributed by atoms with Crippen LogP contribution in [0.15, 0.2) is 48.5 Å². The van der Waals surface area contributed by atoms with Crippen LogP contribution in [0.4, 0.5) is 5.13 Å². The number of nitrogens with zero attached hydrogens (tertiary/aromatic N) is 2. The number of ether oxygens (including phenoxy) is 1. The summed E-state index contributed by atoms with van der Waals surface area (Å²) in [6.45, 7) is 6.54. The van der Waals surface area contributed by atoms with Crippen molar-refractivity contribution in [2.45, 2.75) is 26.2 Å². The van der Waals surface area contributed by atoms with Crippen molar-refractivity contribution < 1.29 is 9.53 Å². The molecule has 0 aliphatic carbocycles. The largest absolute Gasteiger partial charge is 0.497 e. The molecule has 0 unspecified atom stereocenters. The van der Waals surface area contributed by atoms with Gasteiger partial charge in [-0.05, 0) is 35.2 Å². The average molecular weight is 367 g/mol. The number of rotatable bonds is 4. The van der Waals surface area contributed by atoms with Gasteiger partial charge in [0.2, 0.25) is 5.13 Å². The average Bonchev–Trinajstić information content (AvgIpc) is 3.09. The Bertz CT molecular complexity index is 894. The maximum Gasteiger partial charge on any atom is 0.257 e. The third kappa shape index (κ3) is 4.08. The molecule has 0 spiro atoms. The van der Waals surface area contributed by atoms with E-state index in [4.69, 9.17) is 4.74 Å². The molecule has 0 saturated carbocycles. The highest BCUT2D eigenvalue weighted by Gasteiger charge is 2.15. The SMILES string of the molecule is COc1ccc(C(=O)Nc2nnc(-c3ccc(C(C)(C)C)cc3)s2)cc1. The molecule has 0 radical (unpaired) electrons. The molecule has 1 heterocycles. The number of anilines is 1. The van der Waals surface area contributed by atoms with E-state index in [1.54, 1.807) is 31.4 Å². The van der Waals surface area contributed by atoms with E-state index >= 15 is 0 Å². The molecule has 0 aliphatic heterocycles. The highest BCUT2D eigenvalue weighted by atomic mass is 32.1. The van der Waals surface area contributed by atoms with Crippen molar-refractivity contribution in [1.29, 1.82) is 0 Å². The second-order valence-corrected chi connectivity index (χ2v) is 7.90. The van der Waals surface area contributed by atoms with Crippen LogP contribution in [-0.4, -0.2) is 23.2 Å². The lowest BCUT2D eigenvalue weighted by molar-refractivity contribution is 0.102. The lowest BCUT2D eigenvalue weighted by Gasteiger charge is -2.18. The van der Waals surface area contributed by atoms with Gasteiger partial charge in [0.05, 0.1) is 7.11 Å². The van der Waals surface area contributed by atoms with Crippen LogP contribution in [0, 0.1) is 0 Å². The van der Waals surface area contributed by atoms with E-state index < -0.39 is 0 Å². The van der Waals surface area contributed by atoms with Crippen LogP contribution in [0.25, 0.3) is 10.6 Å². The zero-order chi connectivity index (χ0) is 18.7.